The zero-order valence-electron chi connectivity index (χ0n) is 10.2. The Kier molecular flexibility index (Phi) is 2.16. The summed E-state index contributed by atoms with van der Waals surface area (Å²) in [7, 11) is 0. The van der Waals surface area contributed by atoms with Crippen LogP contribution in [0.5, 0.6) is 0 Å². The van der Waals surface area contributed by atoms with Gasteiger partial charge in [0.15, 0.2) is 0 Å². The van der Waals surface area contributed by atoms with E-state index in [1.54, 1.807) is 17.7 Å². The van der Waals surface area contributed by atoms with Gasteiger partial charge in [0.25, 0.3) is 0 Å². The maximum atomic E-state index is 4.48. The third-order valence-electron chi connectivity index (χ3n) is 3.16. The summed E-state index contributed by atoms with van der Waals surface area (Å²) in [4.78, 5) is 16.0. The minimum Gasteiger partial charge on any atom is -0.345 e. The first kappa shape index (κ1) is 10.6. The lowest BCUT2D eigenvalue weighted by atomic mass is 10.1. The van der Waals surface area contributed by atoms with Crippen molar-refractivity contribution in [3.05, 3.63) is 41.9 Å². The number of aromatic nitrogens is 4. The molecule has 1 aromatic carbocycles. The van der Waals surface area contributed by atoms with Gasteiger partial charge < -0.3 is 4.98 Å². The largest absolute Gasteiger partial charge is 0.345 e. The molecule has 5 heteroatoms. The number of aryl methyl sites for hydroxylation is 1. The summed E-state index contributed by atoms with van der Waals surface area (Å²) in [6.07, 6.45) is 5.38. The molecule has 3 aromatic heterocycles. The molecule has 0 aliphatic carbocycles. The summed E-state index contributed by atoms with van der Waals surface area (Å²) in [5.41, 5.74) is 4.22. The molecular formula is C14H10N4S. The van der Waals surface area contributed by atoms with Gasteiger partial charge in [-0.2, -0.15) is 0 Å². The maximum Gasteiger partial charge on any atom is 0.141 e. The van der Waals surface area contributed by atoms with Gasteiger partial charge in [0.05, 0.1) is 15.2 Å². The van der Waals surface area contributed by atoms with Gasteiger partial charge in [0.2, 0.25) is 0 Å². The first-order valence-corrected chi connectivity index (χ1v) is 6.77. The van der Waals surface area contributed by atoms with Crippen molar-refractivity contribution in [2.45, 2.75) is 6.92 Å². The van der Waals surface area contributed by atoms with E-state index in [0.717, 1.165) is 32.7 Å². The Bertz CT molecular complexity index is 891. The molecule has 0 atom stereocenters. The molecule has 0 unspecified atom stereocenters. The number of aromatic amines is 1. The molecule has 3 heterocycles. The number of thiazole rings is 1. The lowest BCUT2D eigenvalue weighted by molar-refractivity contribution is 1.20. The first-order valence-electron chi connectivity index (χ1n) is 5.96. The lowest BCUT2D eigenvalue weighted by Crippen LogP contribution is -1.79. The predicted molar refractivity (Wildman–Crippen MR) is 77.2 cm³/mol. The van der Waals surface area contributed by atoms with Gasteiger partial charge in [0.1, 0.15) is 12.0 Å². The SMILES string of the molecule is Cc1nc2ccc(-c3c[nH]c4ncncc34)cc2s1. The van der Waals surface area contributed by atoms with Crippen molar-refractivity contribution in [1.29, 1.82) is 0 Å². The van der Waals surface area contributed by atoms with Gasteiger partial charge >= 0.3 is 0 Å². The van der Waals surface area contributed by atoms with Crippen LogP contribution in [0.4, 0.5) is 0 Å². The topological polar surface area (TPSA) is 54.5 Å². The molecule has 4 aromatic rings. The van der Waals surface area contributed by atoms with E-state index in [1.165, 1.54) is 4.70 Å². The van der Waals surface area contributed by atoms with Crippen molar-refractivity contribution in [2.75, 3.05) is 0 Å². The smallest absolute Gasteiger partial charge is 0.141 e. The molecule has 0 fully saturated rings. The molecule has 1 N–H and O–H groups in total. The Labute approximate surface area is 113 Å². The average Bonchev–Trinajstić information content (AvgIpc) is 2.99. The monoisotopic (exact) mass is 266 g/mol. The Morgan fingerprint density at radius 1 is 1.26 bits per heavy atom. The molecule has 19 heavy (non-hydrogen) atoms. The van der Waals surface area contributed by atoms with Crippen molar-refractivity contribution >= 4 is 32.6 Å². The van der Waals surface area contributed by atoms with E-state index in [4.69, 9.17) is 0 Å². The second kappa shape index (κ2) is 3.86. The zero-order chi connectivity index (χ0) is 12.8. The quantitative estimate of drug-likeness (QED) is 0.573. The zero-order valence-corrected chi connectivity index (χ0v) is 11.0. The second-order valence-electron chi connectivity index (χ2n) is 4.40. The highest BCUT2D eigenvalue weighted by Gasteiger charge is 2.08. The highest BCUT2D eigenvalue weighted by molar-refractivity contribution is 7.18. The van der Waals surface area contributed by atoms with E-state index in [-0.39, 0.29) is 0 Å². The number of rotatable bonds is 1. The fourth-order valence-electron chi connectivity index (χ4n) is 2.31. The normalized spacial score (nSPS) is 11.4. The molecule has 0 bridgehead atoms. The van der Waals surface area contributed by atoms with Crippen LogP contribution in [0.25, 0.3) is 32.4 Å². The molecule has 0 spiro atoms. The number of nitrogens with one attached hydrogen (secondary N) is 1. The predicted octanol–water partition coefficient (Wildman–Crippen LogP) is 3.54. The summed E-state index contributed by atoms with van der Waals surface area (Å²) in [5.74, 6) is 0. The van der Waals surface area contributed by atoms with E-state index < -0.39 is 0 Å². The van der Waals surface area contributed by atoms with E-state index in [2.05, 4.69) is 38.1 Å². The van der Waals surface area contributed by atoms with E-state index in [9.17, 15) is 0 Å². The van der Waals surface area contributed by atoms with Crippen LogP contribution in [-0.2, 0) is 0 Å². The molecule has 4 nitrogen and oxygen atoms in total. The molecular weight excluding hydrogens is 256 g/mol. The molecule has 4 rings (SSSR count). The van der Waals surface area contributed by atoms with Crippen LogP contribution in [0.2, 0.25) is 0 Å². The van der Waals surface area contributed by atoms with Gasteiger partial charge in [-0.3, -0.25) is 0 Å². The van der Waals surface area contributed by atoms with Crippen LogP contribution in [-0.4, -0.2) is 19.9 Å². The summed E-state index contributed by atoms with van der Waals surface area (Å²) in [6, 6.07) is 6.34. The van der Waals surface area contributed by atoms with Crippen molar-refractivity contribution in [3.8, 4) is 11.1 Å². The second-order valence-corrected chi connectivity index (χ2v) is 5.64. The number of hydrogen-bond donors (Lipinski definition) is 1. The number of benzene rings is 1. The number of nitrogens with zero attached hydrogens (tertiary/aromatic N) is 3. The number of H-pyrrole nitrogens is 1. The van der Waals surface area contributed by atoms with E-state index >= 15 is 0 Å². The van der Waals surface area contributed by atoms with E-state index in [1.807, 2.05) is 19.3 Å². The first-order chi connectivity index (χ1) is 9.31. The van der Waals surface area contributed by atoms with Crippen molar-refractivity contribution in [1.82, 2.24) is 19.9 Å². The lowest BCUT2D eigenvalue weighted by Gasteiger charge is -1.98. The highest BCUT2D eigenvalue weighted by atomic mass is 32.1. The molecule has 0 saturated carbocycles. The third kappa shape index (κ3) is 1.62. The molecule has 0 radical (unpaired) electrons. The van der Waals surface area contributed by atoms with Crippen molar-refractivity contribution in [3.63, 3.8) is 0 Å². The Morgan fingerprint density at radius 2 is 2.21 bits per heavy atom. The fraction of sp³-hybridized carbons (Fsp3) is 0.0714. The van der Waals surface area contributed by atoms with Crippen LogP contribution >= 0.6 is 11.3 Å². The van der Waals surface area contributed by atoms with Crippen LogP contribution in [0.15, 0.2) is 36.9 Å². The molecule has 92 valence electrons. The average molecular weight is 266 g/mol. The molecule has 0 saturated heterocycles. The van der Waals surface area contributed by atoms with Gasteiger partial charge in [-0.1, -0.05) is 6.07 Å². The van der Waals surface area contributed by atoms with Crippen LogP contribution < -0.4 is 0 Å². The van der Waals surface area contributed by atoms with Crippen molar-refractivity contribution in [2.24, 2.45) is 0 Å². The Hall–Kier alpha value is -2.27. The van der Waals surface area contributed by atoms with Crippen molar-refractivity contribution < 1.29 is 0 Å². The number of hydrogen-bond acceptors (Lipinski definition) is 4. The van der Waals surface area contributed by atoms with Crippen LogP contribution in [0.3, 0.4) is 0 Å². The summed E-state index contributed by atoms with van der Waals surface area (Å²) >= 11 is 1.72. The van der Waals surface area contributed by atoms with Gasteiger partial charge in [-0.15, -0.1) is 11.3 Å². The van der Waals surface area contributed by atoms with E-state index in [0.29, 0.717) is 0 Å². The third-order valence-corrected chi connectivity index (χ3v) is 4.10. The summed E-state index contributed by atoms with van der Waals surface area (Å²) in [5, 5.41) is 2.14. The minimum atomic E-state index is 0.866. The molecule has 0 amide bonds. The van der Waals surface area contributed by atoms with Crippen LogP contribution in [0.1, 0.15) is 5.01 Å². The van der Waals surface area contributed by atoms with Gasteiger partial charge in [-0.05, 0) is 24.6 Å². The van der Waals surface area contributed by atoms with Crippen LogP contribution in [0, 0.1) is 6.92 Å². The Balaban J connectivity index is 1.98. The number of fused-ring (bicyclic) bond motifs is 2. The van der Waals surface area contributed by atoms with Gasteiger partial charge in [0, 0.05) is 23.3 Å². The standard InChI is InChI=1S/C14H10N4S/c1-8-18-12-3-2-9(4-13(12)19-8)10-6-16-14-11(10)5-15-7-17-14/h2-7H,1H3,(H,15,16,17). The Morgan fingerprint density at radius 3 is 3.16 bits per heavy atom. The fourth-order valence-corrected chi connectivity index (χ4v) is 3.17. The minimum absolute atomic E-state index is 0.866. The summed E-state index contributed by atoms with van der Waals surface area (Å²) in [6.45, 7) is 2.03. The highest BCUT2D eigenvalue weighted by Crippen LogP contribution is 2.31. The maximum absolute atomic E-state index is 4.48. The molecule has 0 aliphatic heterocycles. The van der Waals surface area contributed by atoms with Gasteiger partial charge in [-0.25, -0.2) is 15.0 Å². The molecule has 0 aliphatic rings. The summed E-state index contributed by atoms with van der Waals surface area (Å²) < 4.78 is 1.21.